The van der Waals surface area contributed by atoms with Gasteiger partial charge in [0.05, 0.1) is 17.0 Å². The number of phosphoric acid groups is 3. The zero-order chi connectivity index (χ0) is 27.6. The molecule has 2 aromatic heterocycles. The second-order valence-electron chi connectivity index (χ2n) is 7.94. The fourth-order valence-electron chi connectivity index (χ4n) is 3.73. The van der Waals surface area contributed by atoms with Crippen LogP contribution in [-0.4, -0.2) is 74.6 Å². The van der Waals surface area contributed by atoms with Gasteiger partial charge in [0, 0.05) is 17.8 Å². The van der Waals surface area contributed by atoms with Crippen LogP contribution in [-0.2, 0) is 36.4 Å². The first-order valence-electron chi connectivity index (χ1n) is 9.78. The highest BCUT2D eigenvalue weighted by Gasteiger charge is 2.54. The van der Waals surface area contributed by atoms with E-state index < -0.39 is 60.0 Å². The molecule has 0 radical (unpaired) electrons. The van der Waals surface area contributed by atoms with E-state index in [0.717, 1.165) is 12.4 Å². The Balaban J connectivity index is 1.58. The minimum atomic E-state index is -5.76. The van der Waals surface area contributed by atoms with E-state index in [0.29, 0.717) is 5.39 Å². The highest BCUT2D eigenvalue weighted by Crippen LogP contribution is 2.66. The van der Waals surface area contributed by atoms with Crippen LogP contribution in [0, 0.1) is 0 Å². The van der Waals surface area contributed by atoms with Crippen molar-refractivity contribution < 1.29 is 66.2 Å². The van der Waals surface area contributed by atoms with Crippen LogP contribution < -0.4 is 5.32 Å². The van der Waals surface area contributed by atoms with Gasteiger partial charge in [0.15, 0.2) is 6.23 Å². The lowest BCUT2D eigenvalue weighted by Gasteiger charge is -2.27. The smallest absolute Gasteiger partial charge is 0.387 e. The van der Waals surface area contributed by atoms with E-state index in [2.05, 4.69) is 28.4 Å². The zero-order valence-electron chi connectivity index (χ0n) is 18.2. The molecule has 0 aliphatic carbocycles. The van der Waals surface area contributed by atoms with Crippen LogP contribution in [0.25, 0.3) is 16.1 Å². The van der Waals surface area contributed by atoms with Gasteiger partial charge in [-0.1, -0.05) is 11.6 Å². The van der Waals surface area contributed by atoms with Gasteiger partial charge in [-0.05, 0) is 6.92 Å². The van der Waals surface area contributed by atoms with Gasteiger partial charge in [0.1, 0.15) is 35.6 Å². The Labute approximate surface area is 210 Å². The van der Waals surface area contributed by atoms with Crippen molar-refractivity contribution in [3.05, 3.63) is 24.2 Å². The third kappa shape index (κ3) is 5.88. The Morgan fingerprint density at radius 2 is 1.86 bits per heavy atom. The number of phosphoric ester groups is 1. The maximum Gasteiger partial charge on any atom is 0.490 e. The number of carbonyl (C=O) groups is 1. The van der Waals surface area contributed by atoms with Crippen molar-refractivity contribution in [2.75, 3.05) is 11.9 Å². The van der Waals surface area contributed by atoms with Gasteiger partial charge < -0.3 is 44.4 Å². The van der Waals surface area contributed by atoms with Crippen molar-refractivity contribution in [3.8, 4) is 0 Å². The molecular weight excluding hydrogens is 589 g/mol. The molecule has 22 heteroatoms. The average Bonchev–Trinajstić information content (AvgIpc) is 3.15. The van der Waals surface area contributed by atoms with Crippen molar-refractivity contribution in [1.82, 2.24) is 14.5 Å². The monoisotopic (exact) mass is 606 g/mol. The SMILES string of the molecule is C[C@@]1(O)[C@H](O)[C@@H](COP(=O)(O)OP(=O)(O)OP(=O)(O)O)O[C@H]1n1cc2c3c(ncnc31)NC(=O)C=C2Cl. The third-order valence-electron chi connectivity index (χ3n) is 5.19. The van der Waals surface area contributed by atoms with Crippen LogP contribution in [0.4, 0.5) is 5.82 Å². The van der Waals surface area contributed by atoms with Crippen molar-refractivity contribution >= 4 is 62.9 Å². The molecule has 0 saturated carbocycles. The van der Waals surface area contributed by atoms with Gasteiger partial charge in [0.25, 0.3) is 5.91 Å². The van der Waals surface area contributed by atoms with Crippen molar-refractivity contribution in [1.29, 1.82) is 0 Å². The average molecular weight is 607 g/mol. The third-order valence-corrected chi connectivity index (χ3v) is 9.31. The van der Waals surface area contributed by atoms with Gasteiger partial charge in [-0.2, -0.15) is 8.62 Å². The summed E-state index contributed by atoms with van der Waals surface area (Å²) in [6, 6.07) is 0. The molecule has 2 aliphatic heterocycles. The maximum absolute atomic E-state index is 12.0. The molecular formula is C15H18ClN4O14P3. The molecule has 0 aromatic carbocycles. The summed E-state index contributed by atoms with van der Waals surface area (Å²) in [6.45, 7) is 0.159. The second kappa shape index (κ2) is 9.55. The number of halogens is 1. The summed E-state index contributed by atoms with van der Waals surface area (Å²) in [6.07, 6.45) is -1.17. The van der Waals surface area contributed by atoms with E-state index in [1.54, 1.807) is 0 Å². The first-order chi connectivity index (χ1) is 16.9. The Morgan fingerprint density at radius 1 is 1.19 bits per heavy atom. The summed E-state index contributed by atoms with van der Waals surface area (Å²) >= 11 is 6.24. The van der Waals surface area contributed by atoms with Crippen LogP contribution in [0.2, 0.25) is 0 Å². The number of nitrogens with one attached hydrogen (secondary N) is 1. The first-order valence-corrected chi connectivity index (χ1v) is 14.7. The van der Waals surface area contributed by atoms with Crippen LogP contribution in [0.15, 0.2) is 18.6 Å². The molecule has 37 heavy (non-hydrogen) atoms. The maximum atomic E-state index is 12.0. The van der Waals surface area contributed by atoms with Gasteiger partial charge >= 0.3 is 23.5 Å². The lowest BCUT2D eigenvalue weighted by molar-refractivity contribution is -0.111. The van der Waals surface area contributed by atoms with E-state index in [9.17, 15) is 38.5 Å². The number of amides is 1. The molecule has 0 bridgehead atoms. The number of anilines is 1. The lowest BCUT2D eigenvalue weighted by Crippen LogP contribution is -2.44. The number of rotatable bonds is 8. The molecule has 1 amide bonds. The molecule has 4 heterocycles. The summed E-state index contributed by atoms with van der Waals surface area (Å²) in [7, 11) is -16.9. The predicted molar refractivity (Wildman–Crippen MR) is 120 cm³/mol. The second-order valence-corrected chi connectivity index (χ2v) is 12.8. The number of hydrogen-bond acceptors (Lipinski definition) is 12. The molecule has 1 saturated heterocycles. The lowest BCUT2D eigenvalue weighted by atomic mass is 9.96. The molecule has 2 aliphatic rings. The Hall–Kier alpha value is -1.59. The van der Waals surface area contributed by atoms with Crippen molar-refractivity contribution in [2.24, 2.45) is 0 Å². The number of hydrogen-bond donors (Lipinski definition) is 7. The number of carbonyl (C=O) groups excluding carboxylic acids is 1. The van der Waals surface area contributed by atoms with E-state index in [-0.39, 0.29) is 22.1 Å². The molecule has 1 fully saturated rings. The standard InChI is InChI=1S/C15H18ClN4O14P3/c1-15(23)11(22)8(4-31-36(27,28)34-37(29,30)33-35(24,25)26)32-14(15)20-3-6-7(16)2-9(21)19-12-10(6)13(20)18-5-17-12/h2-3,5,8,11,14,22-23H,4H2,1H3,(H,27,28)(H,29,30)(H2,24,25,26)(H,17,18,19,21)/t8-,11-,14-,15-/m1/s1. The summed E-state index contributed by atoms with van der Waals surface area (Å²) in [5.41, 5.74) is -1.68. The minimum Gasteiger partial charge on any atom is -0.387 e. The predicted octanol–water partition coefficient (Wildman–Crippen LogP) is 0.316. The first kappa shape index (κ1) is 28.4. The highest BCUT2D eigenvalue weighted by molar-refractivity contribution is 7.66. The number of nitrogens with zero attached hydrogens (tertiary/aromatic N) is 3. The quantitative estimate of drug-likeness (QED) is 0.199. The fourth-order valence-corrected chi connectivity index (χ4v) is 7.01. The van der Waals surface area contributed by atoms with Crippen LogP contribution in [0.3, 0.4) is 0 Å². The normalized spacial score (nSPS) is 29.4. The molecule has 204 valence electrons. The van der Waals surface area contributed by atoms with E-state index in [1.807, 2.05) is 0 Å². The van der Waals surface area contributed by atoms with Crippen LogP contribution in [0.1, 0.15) is 18.7 Å². The summed E-state index contributed by atoms with van der Waals surface area (Å²) < 4.78 is 52.9. The Kier molecular flexibility index (Phi) is 7.34. The van der Waals surface area contributed by atoms with Gasteiger partial charge in [-0.15, -0.1) is 0 Å². The molecule has 2 aromatic rings. The molecule has 2 unspecified atom stereocenters. The molecule has 7 N–H and O–H groups in total. The zero-order valence-corrected chi connectivity index (χ0v) is 21.6. The summed E-state index contributed by atoms with van der Waals surface area (Å²) in [4.78, 5) is 56.2. The molecule has 6 atom stereocenters. The largest absolute Gasteiger partial charge is 0.490 e. The Bertz CT molecular complexity index is 1440. The van der Waals surface area contributed by atoms with E-state index >= 15 is 0 Å². The van der Waals surface area contributed by atoms with Crippen LogP contribution in [0.5, 0.6) is 0 Å². The number of aliphatic hydroxyl groups excluding tert-OH is 1. The van der Waals surface area contributed by atoms with E-state index in [1.165, 1.54) is 17.7 Å². The van der Waals surface area contributed by atoms with Crippen LogP contribution >= 0.6 is 35.1 Å². The van der Waals surface area contributed by atoms with Gasteiger partial charge in [-0.3, -0.25) is 9.32 Å². The minimum absolute atomic E-state index is 0.0113. The summed E-state index contributed by atoms with van der Waals surface area (Å²) in [5.74, 6) is -0.434. The highest BCUT2D eigenvalue weighted by atomic mass is 35.5. The van der Waals surface area contributed by atoms with E-state index in [4.69, 9.17) is 26.1 Å². The Morgan fingerprint density at radius 3 is 2.51 bits per heavy atom. The molecule has 4 rings (SSSR count). The fraction of sp³-hybridized carbons (Fsp3) is 0.400. The van der Waals surface area contributed by atoms with Crippen molar-refractivity contribution in [3.63, 3.8) is 0 Å². The number of aromatic nitrogens is 3. The van der Waals surface area contributed by atoms with Gasteiger partial charge in [0.2, 0.25) is 0 Å². The molecule has 0 spiro atoms. The van der Waals surface area contributed by atoms with Crippen molar-refractivity contribution in [2.45, 2.75) is 31.0 Å². The number of ether oxygens (including phenoxy) is 1. The number of aliphatic hydroxyl groups is 2. The van der Waals surface area contributed by atoms with Gasteiger partial charge in [-0.25, -0.2) is 23.7 Å². The topological polar surface area (TPSA) is 269 Å². The molecule has 18 nitrogen and oxygen atoms in total. The summed E-state index contributed by atoms with van der Waals surface area (Å²) in [5, 5.41) is 24.5.